The number of halogens is 1. The molecule has 5 heteroatoms. The summed E-state index contributed by atoms with van der Waals surface area (Å²) >= 11 is 6.12. The molecule has 4 nitrogen and oxygen atoms in total. The average Bonchev–Trinajstić information content (AvgIpc) is 3.03. The normalized spacial score (nSPS) is 24.9. The average molecular weight is 308 g/mol. The molecule has 0 aliphatic carbocycles. The number of carbonyl (C=O) groups excluding carboxylic acids is 1. The zero-order valence-electron chi connectivity index (χ0n) is 12.6. The third-order valence-electron chi connectivity index (χ3n) is 4.57. The predicted octanol–water partition coefficient (Wildman–Crippen LogP) is 2.69. The van der Waals surface area contributed by atoms with Crippen LogP contribution < -0.4 is 5.32 Å². The second-order valence-corrected chi connectivity index (χ2v) is 6.61. The van der Waals surface area contributed by atoms with E-state index in [1.807, 2.05) is 12.1 Å². The molecule has 1 amide bonds. The predicted molar refractivity (Wildman–Crippen MR) is 86.1 cm³/mol. The number of anilines is 1. The minimum Gasteiger partial charge on any atom is -0.380 e. The summed E-state index contributed by atoms with van der Waals surface area (Å²) in [6.07, 6.45) is 3.66. The standard InChI is InChI=1S/C16H22ClN3O/c1-19(2)16(21)12-6-5-11(17)10-14(12)18-13-7-9-20-8-3-4-15(13)20/h5-6,10,13,15,18H,3-4,7-9H2,1-2H3. The molecule has 0 radical (unpaired) electrons. The molecule has 2 fully saturated rings. The lowest BCUT2D eigenvalue weighted by molar-refractivity contribution is 0.0828. The zero-order chi connectivity index (χ0) is 15.0. The molecule has 0 spiro atoms. The maximum Gasteiger partial charge on any atom is 0.255 e. The highest BCUT2D eigenvalue weighted by Crippen LogP contribution is 2.32. The van der Waals surface area contributed by atoms with Crippen molar-refractivity contribution in [3.8, 4) is 0 Å². The number of hydrogen-bond donors (Lipinski definition) is 1. The molecule has 0 aromatic heterocycles. The van der Waals surface area contributed by atoms with Gasteiger partial charge in [-0.1, -0.05) is 11.6 Å². The Balaban J connectivity index is 1.84. The fourth-order valence-electron chi connectivity index (χ4n) is 3.51. The van der Waals surface area contributed by atoms with Crippen molar-refractivity contribution in [3.05, 3.63) is 28.8 Å². The van der Waals surface area contributed by atoms with Crippen molar-refractivity contribution in [3.63, 3.8) is 0 Å². The minimum absolute atomic E-state index is 0.00967. The molecule has 1 aromatic rings. The first-order valence-corrected chi connectivity index (χ1v) is 7.96. The van der Waals surface area contributed by atoms with E-state index in [1.165, 1.54) is 19.4 Å². The highest BCUT2D eigenvalue weighted by molar-refractivity contribution is 6.31. The molecule has 2 heterocycles. The number of fused-ring (bicyclic) bond motifs is 1. The Morgan fingerprint density at radius 2 is 2.14 bits per heavy atom. The Morgan fingerprint density at radius 1 is 1.33 bits per heavy atom. The van der Waals surface area contributed by atoms with Crippen LogP contribution in [0.15, 0.2) is 18.2 Å². The van der Waals surface area contributed by atoms with Gasteiger partial charge in [-0.2, -0.15) is 0 Å². The van der Waals surface area contributed by atoms with E-state index in [0.717, 1.165) is 18.7 Å². The fourth-order valence-corrected chi connectivity index (χ4v) is 3.69. The number of amides is 1. The quantitative estimate of drug-likeness (QED) is 0.932. The van der Waals surface area contributed by atoms with Crippen LogP contribution in [0, 0.1) is 0 Å². The van der Waals surface area contributed by atoms with Gasteiger partial charge in [-0.05, 0) is 44.0 Å². The summed E-state index contributed by atoms with van der Waals surface area (Å²) in [6, 6.07) is 6.48. The molecule has 114 valence electrons. The summed E-state index contributed by atoms with van der Waals surface area (Å²) in [4.78, 5) is 16.5. The van der Waals surface area contributed by atoms with Gasteiger partial charge in [0.15, 0.2) is 0 Å². The first kappa shape index (κ1) is 14.7. The molecule has 2 atom stereocenters. The summed E-state index contributed by atoms with van der Waals surface area (Å²) < 4.78 is 0. The molecule has 2 unspecified atom stereocenters. The number of hydrogen-bond acceptors (Lipinski definition) is 3. The third kappa shape index (κ3) is 2.87. The first-order chi connectivity index (χ1) is 10.1. The minimum atomic E-state index is 0.00967. The SMILES string of the molecule is CN(C)C(=O)c1ccc(Cl)cc1NC1CCN2CCCC12. The van der Waals surface area contributed by atoms with E-state index < -0.39 is 0 Å². The van der Waals surface area contributed by atoms with Crippen LogP contribution in [0.5, 0.6) is 0 Å². The Hall–Kier alpha value is -1.26. The van der Waals surface area contributed by atoms with Crippen LogP contribution in [0.2, 0.25) is 5.02 Å². The van der Waals surface area contributed by atoms with Crippen molar-refractivity contribution in [2.24, 2.45) is 0 Å². The lowest BCUT2D eigenvalue weighted by Gasteiger charge is -2.24. The van der Waals surface area contributed by atoms with Crippen LogP contribution in [0.1, 0.15) is 29.6 Å². The number of carbonyl (C=O) groups is 1. The van der Waals surface area contributed by atoms with Crippen LogP contribution in [-0.2, 0) is 0 Å². The Labute approximate surface area is 131 Å². The molecular formula is C16H22ClN3O. The lowest BCUT2D eigenvalue weighted by Crippen LogP contribution is -2.34. The van der Waals surface area contributed by atoms with E-state index in [-0.39, 0.29) is 5.91 Å². The van der Waals surface area contributed by atoms with Gasteiger partial charge < -0.3 is 10.2 Å². The van der Waals surface area contributed by atoms with Crippen LogP contribution in [0.3, 0.4) is 0 Å². The maximum absolute atomic E-state index is 12.3. The number of benzene rings is 1. The summed E-state index contributed by atoms with van der Waals surface area (Å²) in [7, 11) is 3.55. The van der Waals surface area contributed by atoms with E-state index in [9.17, 15) is 4.79 Å². The molecule has 0 saturated carbocycles. The van der Waals surface area contributed by atoms with E-state index >= 15 is 0 Å². The summed E-state index contributed by atoms with van der Waals surface area (Å²) in [5.41, 5.74) is 1.56. The number of nitrogens with zero attached hydrogens (tertiary/aromatic N) is 2. The van der Waals surface area contributed by atoms with Crippen molar-refractivity contribution >= 4 is 23.2 Å². The van der Waals surface area contributed by atoms with Crippen molar-refractivity contribution in [2.75, 3.05) is 32.5 Å². The summed E-state index contributed by atoms with van der Waals surface area (Å²) in [5, 5.41) is 4.25. The molecule has 3 rings (SSSR count). The van der Waals surface area contributed by atoms with Gasteiger partial charge in [-0.3, -0.25) is 9.69 Å². The van der Waals surface area contributed by atoms with Crippen molar-refractivity contribution in [1.29, 1.82) is 0 Å². The molecule has 1 aromatic carbocycles. The molecule has 1 N–H and O–H groups in total. The highest BCUT2D eigenvalue weighted by Gasteiger charge is 2.37. The Morgan fingerprint density at radius 3 is 2.90 bits per heavy atom. The number of nitrogens with one attached hydrogen (secondary N) is 1. The maximum atomic E-state index is 12.3. The van der Waals surface area contributed by atoms with Crippen LogP contribution in [0.4, 0.5) is 5.69 Å². The first-order valence-electron chi connectivity index (χ1n) is 7.58. The van der Waals surface area contributed by atoms with E-state index in [2.05, 4.69) is 10.2 Å². The summed E-state index contributed by atoms with van der Waals surface area (Å²) in [5.74, 6) is 0.00967. The molecule has 21 heavy (non-hydrogen) atoms. The monoisotopic (exact) mass is 307 g/mol. The van der Waals surface area contributed by atoms with Gasteiger partial charge in [0.05, 0.1) is 5.56 Å². The van der Waals surface area contributed by atoms with E-state index in [4.69, 9.17) is 11.6 Å². The van der Waals surface area contributed by atoms with Crippen LogP contribution in [-0.4, -0.2) is 55.0 Å². The second-order valence-electron chi connectivity index (χ2n) is 6.17. The van der Waals surface area contributed by atoms with E-state index in [1.54, 1.807) is 25.1 Å². The van der Waals surface area contributed by atoms with Gasteiger partial charge in [0.25, 0.3) is 5.91 Å². The zero-order valence-corrected chi connectivity index (χ0v) is 13.4. The molecule has 2 aliphatic rings. The van der Waals surface area contributed by atoms with Gasteiger partial charge in [0, 0.05) is 43.4 Å². The van der Waals surface area contributed by atoms with Gasteiger partial charge in [0.2, 0.25) is 0 Å². The summed E-state index contributed by atoms with van der Waals surface area (Å²) in [6.45, 7) is 2.36. The smallest absolute Gasteiger partial charge is 0.255 e. The second kappa shape index (κ2) is 5.85. The van der Waals surface area contributed by atoms with Gasteiger partial charge in [-0.25, -0.2) is 0 Å². The van der Waals surface area contributed by atoms with Crippen LogP contribution >= 0.6 is 11.6 Å². The molecule has 0 bridgehead atoms. The largest absolute Gasteiger partial charge is 0.380 e. The van der Waals surface area contributed by atoms with Crippen molar-refractivity contribution in [1.82, 2.24) is 9.80 Å². The topological polar surface area (TPSA) is 35.6 Å². The highest BCUT2D eigenvalue weighted by atomic mass is 35.5. The van der Waals surface area contributed by atoms with Gasteiger partial charge in [-0.15, -0.1) is 0 Å². The third-order valence-corrected chi connectivity index (χ3v) is 4.80. The number of rotatable bonds is 3. The van der Waals surface area contributed by atoms with E-state index in [0.29, 0.717) is 22.7 Å². The van der Waals surface area contributed by atoms with Crippen molar-refractivity contribution < 1.29 is 4.79 Å². The Kier molecular flexibility index (Phi) is 4.09. The molecular weight excluding hydrogens is 286 g/mol. The molecule has 2 saturated heterocycles. The van der Waals surface area contributed by atoms with Gasteiger partial charge in [0.1, 0.15) is 0 Å². The van der Waals surface area contributed by atoms with Crippen molar-refractivity contribution in [2.45, 2.75) is 31.3 Å². The van der Waals surface area contributed by atoms with Crippen LogP contribution in [0.25, 0.3) is 0 Å². The fraction of sp³-hybridized carbons (Fsp3) is 0.562. The Bertz CT molecular complexity index is 546. The molecule has 2 aliphatic heterocycles. The lowest BCUT2D eigenvalue weighted by atomic mass is 10.0. The van der Waals surface area contributed by atoms with Gasteiger partial charge >= 0.3 is 0 Å².